The summed E-state index contributed by atoms with van der Waals surface area (Å²) in [5.41, 5.74) is -3.29. The van der Waals surface area contributed by atoms with Gasteiger partial charge in [0.05, 0.1) is 17.6 Å². The molecule has 0 aromatic carbocycles. The smallest absolute Gasteiger partial charge is 0.316 e. The van der Waals surface area contributed by atoms with E-state index in [-0.39, 0.29) is 5.92 Å². The molecule has 4 bridgehead atoms. The minimum atomic E-state index is -1.27. The van der Waals surface area contributed by atoms with Gasteiger partial charge < -0.3 is 20.1 Å². The highest BCUT2D eigenvalue weighted by Crippen LogP contribution is 2.77. The predicted molar refractivity (Wildman–Crippen MR) is 85.2 cm³/mol. The number of aliphatic hydroxyl groups excluding tert-OH is 1. The van der Waals surface area contributed by atoms with Crippen molar-refractivity contribution in [3.63, 3.8) is 0 Å². The highest BCUT2D eigenvalue weighted by Gasteiger charge is 2.83. The summed E-state index contributed by atoms with van der Waals surface area (Å²) in [6, 6.07) is 0. The third-order valence-corrected chi connectivity index (χ3v) is 8.12. The van der Waals surface area contributed by atoms with Gasteiger partial charge in [0.25, 0.3) is 0 Å². The number of rotatable bonds is 1. The molecule has 0 amide bonds. The maximum atomic E-state index is 12.7. The lowest BCUT2D eigenvalue weighted by molar-refractivity contribution is -0.163. The standard InChI is InChI=1S/C19H22O6/c1-9-7-17-8-18(9,24)5-3-10(17)19-6-4-11(20)16(2,15(23)25-19)13(19)12(17)14(21)22/h4,6,10-13,20,24H,1,3,5,7-8H2,2H3,(H,21,22)/t10-,11-,12+,13-,16+,17+,18-,19+/m0/s1. The Hall–Kier alpha value is -1.66. The first-order valence-corrected chi connectivity index (χ1v) is 8.86. The molecule has 4 aliphatic carbocycles. The second-order valence-corrected chi connectivity index (χ2v) is 8.94. The van der Waals surface area contributed by atoms with E-state index in [0.29, 0.717) is 31.3 Å². The van der Waals surface area contributed by atoms with Gasteiger partial charge in [0, 0.05) is 11.8 Å². The van der Waals surface area contributed by atoms with Crippen molar-refractivity contribution in [2.45, 2.75) is 49.9 Å². The minimum Gasteiger partial charge on any atom is -0.481 e. The Bertz CT molecular complexity index is 772. The number of fused-ring (bicyclic) bond motifs is 1. The molecule has 0 unspecified atom stereocenters. The topological polar surface area (TPSA) is 104 Å². The number of aliphatic hydroxyl groups is 2. The summed E-state index contributed by atoms with van der Waals surface area (Å²) in [6.45, 7) is 5.64. The van der Waals surface area contributed by atoms with Crippen molar-refractivity contribution < 1.29 is 29.6 Å². The summed E-state index contributed by atoms with van der Waals surface area (Å²) >= 11 is 0. The number of hydrogen-bond donors (Lipinski definition) is 3. The number of hydrogen-bond acceptors (Lipinski definition) is 5. The van der Waals surface area contributed by atoms with E-state index >= 15 is 0 Å². The van der Waals surface area contributed by atoms with Crippen LogP contribution in [-0.4, -0.2) is 44.6 Å². The SMILES string of the molecule is C=C1C[C@@]23C[C@@]1(O)CC[C@@H]2[C@@]12C=C[C@H](O)[C@@](C)(C(=O)O1)[C@@H]2[C@@H]3C(=O)O. The Balaban J connectivity index is 1.78. The molecule has 0 radical (unpaired) electrons. The van der Waals surface area contributed by atoms with Crippen LogP contribution in [0, 0.1) is 28.6 Å². The third-order valence-electron chi connectivity index (χ3n) is 8.12. The average Bonchev–Trinajstić information content (AvgIpc) is 2.95. The number of carbonyl (C=O) groups excluding carboxylic acids is 1. The molecule has 5 aliphatic rings. The summed E-state index contributed by atoms with van der Waals surface area (Å²) in [6.07, 6.45) is 4.11. The van der Waals surface area contributed by atoms with Crippen LogP contribution in [-0.2, 0) is 14.3 Å². The number of aliphatic carboxylic acids is 1. The van der Waals surface area contributed by atoms with Crippen LogP contribution in [0.3, 0.4) is 0 Å². The maximum absolute atomic E-state index is 12.7. The van der Waals surface area contributed by atoms with Crippen molar-refractivity contribution in [3.8, 4) is 0 Å². The lowest BCUT2D eigenvalue weighted by Crippen LogP contribution is -2.50. The lowest BCUT2D eigenvalue weighted by atomic mass is 9.61. The molecule has 1 spiro atoms. The van der Waals surface area contributed by atoms with E-state index in [9.17, 15) is 24.9 Å². The Labute approximate surface area is 145 Å². The molecule has 134 valence electrons. The van der Waals surface area contributed by atoms with Gasteiger partial charge in [-0.05, 0) is 49.7 Å². The summed E-state index contributed by atoms with van der Waals surface area (Å²) in [5.74, 6) is -3.18. The number of esters is 1. The van der Waals surface area contributed by atoms with Gasteiger partial charge in [0.1, 0.15) is 11.0 Å². The predicted octanol–water partition coefficient (Wildman–Crippen LogP) is 1.03. The van der Waals surface area contributed by atoms with Crippen molar-refractivity contribution in [2.75, 3.05) is 0 Å². The molecule has 1 heterocycles. The van der Waals surface area contributed by atoms with Gasteiger partial charge in [0.15, 0.2) is 0 Å². The molecular formula is C19H22O6. The Morgan fingerprint density at radius 3 is 2.84 bits per heavy atom. The first kappa shape index (κ1) is 15.6. The summed E-state index contributed by atoms with van der Waals surface area (Å²) in [4.78, 5) is 25.1. The van der Waals surface area contributed by atoms with Crippen molar-refractivity contribution in [1.29, 1.82) is 0 Å². The van der Waals surface area contributed by atoms with E-state index in [1.165, 1.54) is 0 Å². The molecule has 0 aromatic heterocycles. The normalized spacial score (nSPS) is 58.0. The first-order valence-electron chi connectivity index (χ1n) is 8.86. The van der Waals surface area contributed by atoms with Crippen LogP contribution in [0.25, 0.3) is 0 Å². The van der Waals surface area contributed by atoms with Gasteiger partial charge in [-0.25, -0.2) is 0 Å². The number of ether oxygens (including phenoxy) is 1. The fourth-order valence-electron chi connectivity index (χ4n) is 7.13. The Kier molecular flexibility index (Phi) is 2.50. The Morgan fingerprint density at radius 2 is 2.16 bits per heavy atom. The van der Waals surface area contributed by atoms with Gasteiger partial charge in [-0.15, -0.1) is 0 Å². The molecule has 3 saturated carbocycles. The molecule has 3 N–H and O–H groups in total. The fraction of sp³-hybridized carbons (Fsp3) is 0.684. The molecule has 6 nitrogen and oxygen atoms in total. The quantitative estimate of drug-likeness (QED) is 0.484. The molecular weight excluding hydrogens is 324 g/mol. The second-order valence-electron chi connectivity index (χ2n) is 8.94. The zero-order valence-electron chi connectivity index (χ0n) is 14.1. The summed E-state index contributed by atoms with van der Waals surface area (Å²) in [7, 11) is 0. The number of carbonyl (C=O) groups is 2. The molecule has 4 fully saturated rings. The van der Waals surface area contributed by atoms with E-state index in [1.54, 1.807) is 19.1 Å². The van der Waals surface area contributed by atoms with Gasteiger partial charge in [-0.1, -0.05) is 12.7 Å². The van der Waals surface area contributed by atoms with Crippen LogP contribution in [0.4, 0.5) is 0 Å². The molecule has 1 saturated heterocycles. The highest BCUT2D eigenvalue weighted by atomic mass is 16.6. The van der Waals surface area contributed by atoms with Gasteiger partial charge in [-0.2, -0.15) is 0 Å². The summed E-state index contributed by atoms with van der Waals surface area (Å²) < 4.78 is 5.87. The zero-order valence-corrected chi connectivity index (χ0v) is 14.1. The monoisotopic (exact) mass is 346 g/mol. The zero-order chi connectivity index (χ0) is 18.0. The first-order chi connectivity index (χ1) is 11.6. The van der Waals surface area contributed by atoms with Crippen LogP contribution < -0.4 is 0 Å². The van der Waals surface area contributed by atoms with E-state index in [1.807, 2.05) is 0 Å². The number of carboxylic acid groups (broad SMARTS) is 1. The van der Waals surface area contributed by atoms with Crippen molar-refractivity contribution in [3.05, 3.63) is 24.3 Å². The minimum absolute atomic E-state index is 0.180. The van der Waals surface area contributed by atoms with Crippen molar-refractivity contribution in [2.24, 2.45) is 28.6 Å². The summed E-state index contributed by atoms with van der Waals surface area (Å²) in [5, 5.41) is 31.6. The lowest BCUT2D eigenvalue weighted by Gasteiger charge is -2.44. The van der Waals surface area contributed by atoms with Crippen LogP contribution in [0.15, 0.2) is 24.3 Å². The van der Waals surface area contributed by atoms with E-state index in [0.717, 1.165) is 0 Å². The van der Waals surface area contributed by atoms with Crippen molar-refractivity contribution >= 4 is 11.9 Å². The third kappa shape index (κ3) is 1.36. The molecule has 0 aromatic rings. The highest BCUT2D eigenvalue weighted by molar-refractivity contribution is 5.86. The molecule has 8 atom stereocenters. The van der Waals surface area contributed by atoms with Gasteiger partial charge in [-0.3, -0.25) is 9.59 Å². The average molecular weight is 346 g/mol. The van der Waals surface area contributed by atoms with Crippen LogP contribution in [0.1, 0.15) is 32.6 Å². The molecule has 6 heteroatoms. The van der Waals surface area contributed by atoms with Crippen LogP contribution in [0.2, 0.25) is 0 Å². The van der Waals surface area contributed by atoms with Crippen molar-refractivity contribution in [1.82, 2.24) is 0 Å². The maximum Gasteiger partial charge on any atom is 0.316 e. The molecule has 25 heavy (non-hydrogen) atoms. The molecule has 5 rings (SSSR count). The van der Waals surface area contributed by atoms with E-state index in [4.69, 9.17) is 4.74 Å². The van der Waals surface area contributed by atoms with Gasteiger partial charge in [0.2, 0.25) is 0 Å². The van der Waals surface area contributed by atoms with E-state index in [2.05, 4.69) is 6.58 Å². The largest absolute Gasteiger partial charge is 0.481 e. The van der Waals surface area contributed by atoms with Gasteiger partial charge >= 0.3 is 11.9 Å². The molecule has 1 aliphatic heterocycles. The number of carboxylic acids is 1. The Morgan fingerprint density at radius 1 is 1.44 bits per heavy atom. The van der Waals surface area contributed by atoms with Crippen LogP contribution in [0.5, 0.6) is 0 Å². The van der Waals surface area contributed by atoms with E-state index < -0.39 is 51.9 Å². The fourth-order valence-corrected chi connectivity index (χ4v) is 7.13. The second kappa shape index (κ2) is 4.01. The van der Waals surface area contributed by atoms with Crippen LogP contribution >= 0.6 is 0 Å².